The van der Waals surface area contributed by atoms with Crippen LogP contribution in [0.4, 0.5) is 0 Å². The summed E-state index contributed by atoms with van der Waals surface area (Å²) in [6, 6.07) is 1.41. The molecular weight excluding hydrogens is 152 g/mol. The highest BCUT2D eigenvalue weighted by atomic mass is 16.5. The first kappa shape index (κ1) is 9.15. The van der Waals surface area contributed by atoms with Crippen LogP contribution in [-0.4, -0.2) is 22.6 Å². The lowest BCUT2D eigenvalue weighted by atomic mass is 10.4. The highest BCUT2D eigenvalue weighted by Gasteiger charge is 1.99. The zero-order valence-electron chi connectivity index (χ0n) is 5.43. The van der Waals surface area contributed by atoms with Crippen LogP contribution in [0.1, 0.15) is 10.5 Å². The van der Waals surface area contributed by atoms with Gasteiger partial charge in [-0.2, -0.15) is 0 Å². The van der Waals surface area contributed by atoms with E-state index in [-0.39, 0.29) is 12.2 Å². The van der Waals surface area contributed by atoms with Gasteiger partial charge in [0.1, 0.15) is 6.26 Å². The molecule has 0 fully saturated rings. The number of nitrogens with zero attached hydrogens (tertiary/aromatic N) is 1. The molecular formula is C5H6N2O4. The van der Waals surface area contributed by atoms with Crippen LogP contribution in [0, 0.1) is 0 Å². The molecule has 11 heavy (non-hydrogen) atoms. The highest BCUT2D eigenvalue weighted by Crippen LogP contribution is 1.89. The normalized spacial score (nSPS) is 7.64. The van der Waals surface area contributed by atoms with E-state index in [4.69, 9.17) is 15.6 Å². The summed E-state index contributed by atoms with van der Waals surface area (Å²) < 4.78 is 4.32. The Morgan fingerprint density at radius 1 is 1.82 bits per heavy atom. The van der Waals surface area contributed by atoms with Crippen molar-refractivity contribution in [3.05, 3.63) is 18.0 Å². The molecule has 1 amide bonds. The van der Waals surface area contributed by atoms with Crippen LogP contribution in [-0.2, 0) is 4.79 Å². The summed E-state index contributed by atoms with van der Waals surface area (Å²) in [5.41, 5.74) is 4.95. The largest absolute Gasteiger partial charge is 0.483 e. The van der Waals surface area contributed by atoms with E-state index < -0.39 is 5.91 Å². The SMILES string of the molecule is NC(=O)c1ccon1.O=CO. The van der Waals surface area contributed by atoms with Crippen LogP contribution in [0.5, 0.6) is 0 Å². The van der Waals surface area contributed by atoms with Gasteiger partial charge >= 0.3 is 0 Å². The first-order valence-electron chi connectivity index (χ1n) is 2.50. The lowest BCUT2D eigenvalue weighted by molar-refractivity contribution is -0.122. The number of rotatable bonds is 1. The van der Waals surface area contributed by atoms with Crippen LogP contribution < -0.4 is 5.73 Å². The van der Waals surface area contributed by atoms with Gasteiger partial charge in [0.15, 0.2) is 5.69 Å². The molecule has 1 heterocycles. The Balaban J connectivity index is 0.000000292. The molecule has 0 spiro atoms. The molecule has 0 unspecified atom stereocenters. The zero-order chi connectivity index (χ0) is 8.69. The van der Waals surface area contributed by atoms with E-state index >= 15 is 0 Å². The predicted octanol–water partition coefficient (Wildman–Crippen LogP) is -0.526. The number of carbonyl (C=O) groups excluding carboxylic acids is 1. The standard InChI is InChI=1S/C4H4N2O2.CH2O2/c5-4(7)3-1-2-8-6-3;2-1-3/h1-2H,(H2,5,7);1H,(H,2,3). The molecule has 1 aromatic heterocycles. The molecule has 6 nitrogen and oxygen atoms in total. The second-order valence-corrected chi connectivity index (χ2v) is 1.35. The molecule has 1 rings (SSSR count). The van der Waals surface area contributed by atoms with Crippen LogP contribution in [0.3, 0.4) is 0 Å². The molecule has 0 saturated heterocycles. The van der Waals surface area contributed by atoms with Gasteiger partial charge in [-0.05, 0) is 0 Å². The summed E-state index contributed by atoms with van der Waals surface area (Å²) >= 11 is 0. The fourth-order valence-corrected chi connectivity index (χ4v) is 0.340. The molecule has 0 atom stereocenters. The van der Waals surface area contributed by atoms with E-state index in [0.717, 1.165) is 0 Å². The second kappa shape index (κ2) is 4.98. The van der Waals surface area contributed by atoms with Gasteiger partial charge in [0, 0.05) is 6.07 Å². The molecule has 0 aliphatic carbocycles. The van der Waals surface area contributed by atoms with Crippen molar-refractivity contribution >= 4 is 12.4 Å². The summed E-state index contributed by atoms with van der Waals surface area (Å²) in [7, 11) is 0. The lowest BCUT2D eigenvalue weighted by Gasteiger charge is -1.77. The lowest BCUT2D eigenvalue weighted by Crippen LogP contribution is -2.10. The zero-order valence-corrected chi connectivity index (χ0v) is 5.43. The topological polar surface area (TPSA) is 106 Å². The maximum Gasteiger partial charge on any atom is 0.290 e. The maximum atomic E-state index is 10.2. The third-order valence-electron chi connectivity index (χ3n) is 0.690. The Kier molecular flexibility index (Phi) is 4.14. The molecule has 0 saturated carbocycles. The van der Waals surface area contributed by atoms with Crippen molar-refractivity contribution in [1.29, 1.82) is 0 Å². The van der Waals surface area contributed by atoms with Crippen molar-refractivity contribution in [1.82, 2.24) is 5.16 Å². The Labute approximate surface area is 61.6 Å². The van der Waals surface area contributed by atoms with Gasteiger partial charge in [-0.3, -0.25) is 9.59 Å². The van der Waals surface area contributed by atoms with Gasteiger partial charge in [-0.25, -0.2) is 0 Å². The number of primary amides is 1. The number of carbonyl (C=O) groups is 2. The highest BCUT2D eigenvalue weighted by molar-refractivity contribution is 5.90. The molecule has 60 valence electrons. The maximum absolute atomic E-state index is 10.2. The molecule has 0 bridgehead atoms. The van der Waals surface area contributed by atoms with E-state index in [2.05, 4.69) is 9.68 Å². The minimum atomic E-state index is -0.571. The van der Waals surface area contributed by atoms with Crippen LogP contribution in [0.25, 0.3) is 0 Å². The Morgan fingerprint density at radius 3 is 2.55 bits per heavy atom. The summed E-state index contributed by atoms with van der Waals surface area (Å²) in [6.45, 7) is -0.250. The summed E-state index contributed by atoms with van der Waals surface area (Å²) in [5.74, 6) is -0.571. The van der Waals surface area contributed by atoms with Crippen molar-refractivity contribution in [3.8, 4) is 0 Å². The number of hydrogen-bond acceptors (Lipinski definition) is 4. The van der Waals surface area contributed by atoms with Crippen LogP contribution in [0.15, 0.2) is 16.9 Å². The first-order valence-corrected chi connectivity index (χ1v) is 2.50. The summed E-state index contributed by atoms with van der Waals surface area (Å²) in [5, 5.41) is 10.2. The van der Waals surface area contributed by atoms with Gasteiger partial charge in [-0.1, -0.05) is 5.16 Å². The minimum absolute atomic E-state index is 0.157. The predicted molar refractivity (Wildman–Crippen MR) is 33.7 cm³/mol. The fraction of sp³-hybridized carbons (Fsp3) is 0. The van der Waals surface area contributed by atoms with E-state index in [9.17, 15) is 4.79 Å². The van der Waals surface area contributed by atoms with E-state index in [0.29, 0.717) is 0 Å². The molecule has 1 aromatic rings. The average Bonchev–Trinajstić information content (AvgIpc) is 2.38. The smallest absolute Gasteiger partial charge is 0.290 e. The average molecular weight is 158 g/mol. The van der Waals surface area contributed by atoms with E-state index in [1.807, 2.05) is 0 Å². The molecule has 0 aliphatic rings. The molecule has 0 aliphatic heterocycles. The van der Waals surface area contributed by atoms with Crippen LogP contribution >= 0.6 is 0 Å². The number of nitrogens with two attached hydrogens (primary N) is 1. The Hall–Kier alpha value is -1.85. The number of hydrogen-bond donors (Lipinski definition) is 2. The Bertz CT molecular complexity index is 218. The molecule has 0 radical (unpaired) electrons. The van der Waals surface area contributed by atoms with Gasteiger partial charge in [0.25, 0.3) is 12.4 Å². The number of carboxylic acid groups (broad SMARTS) is 1. The monoisotopic (exact) mass is 158 g/mol. The first-order chi connectivity index (χ1) is 5.22. The van der Waals surface area contributed by atoms with Gasteiger partial charge in [0.2, 0.25) is 0 Å². The van der Waals surface area contributed by atoms with Crippen LogP contribution in [0.2, 0.25) is 0 Å². The van der Waals surface area contributed by atoms with Gasteiger partial charge in [0.05, 0.1) is 0 Å². The minimum Gasteiger partial charge on any atom is -0.483 e. The quantitative estimate of drug-likeness (QED) is 0.534. The van der Waals surface area contributed by atoms with E-state index in [1.165, 1.54) is 12.3 Å². The fourth-order valence-electron chi connectivity index (χ4n) is 0.340. The van der Waals surface area contributed by atoms with Crippen molar-refractivity contribution in [2.75, 3.05) is 0 Å². The van der Waals surface area contributed by atoms with Gasteiger partial charge < -0.3 is 15.4 Å². The Morgan fingerprint density at radius 2 is 2.36 bits per heavy atom. The van der Waals surface area contributed by atoms with Crippen molar-refractivity contribution < 1.29 is 19.2 Å². The third kappa shape index (κ3) is 3.68. The third-order valence-corrected chi connectivity index (χ3v) is 0.690. The molecule has 3 N–H and O–H groups in total. The second-order valence-electron chi connectivity index (χ2n) is 1.35. The van der Waals surface area contributed by atoms with Crippen molar-refractivity contribution in [2.24, 2.45) is 5.73 Å². The number of amides is 1. The van der Waals surface area contributed by atoms with E-state index in [1.54, 1.807) is 0 Å². The summed E-state index contributed by atoms with van der Waals surface area (Å²) in [6.07, 6.45) is 1.29. The molecule has 6 heteroatoms. The van der Waals surface area contributed by atoms with Crippen molar-refractivity contribution in [3.63, 3.8) is 0 Å². The van der Waals surface area contributed by atoms with Gasteiger partial charge in [-0.15, -0.1) is 0 Å². The number of aromatic nitrogens is 1. The summed E-state index contributed by atoms with van der Waals surface area (Å²) in [4.78, 5) is 18.5. The molecule has 0 aromatic carbocycles. The van der Waals surface area contributed by atoms with Crippen molar-refractivity contribution in [2.45, 2.75) is 0 Å².